The molecule has 7 rings (SSSR count). The molecule has 148 valence electrons. The molecule has 0 heterocycles. The van der Waals surface area contributed by atoms with Crippen LogP contribution in [0, 0.1) is 23.7 Å². The lowest BCUT2D eigenvalue weighted by atomic mass is 9.48. The smallest absolute Gasteiger partial charge is 0.118 e. The van der Waals surface area contributed by atoms with Crippen LogP contribution in [0.4, 0.5) is 0 Å². The molecular formula is C27H28O2. The van der Waals surface area contributed by atoms with Crippen molar-refractivity contribution in [3.63, 3.8) is 0 Å². The van der Waals surface area contributed by atoms with Crippen LogP contribution in [0.2, 0.25) is 0 Å². The van der Waals surface area contributed by atoms with E-state index in [0.29, 0.717) is 11.8 Å². The van der Waals surface area contributed by atoms with Crippen LogP contribution in [-0.2, 0) is 5.60 Å². The van der Waals surface area contributed by atoms with E-state index >= 15 is 0 Å². The van der Waals surface area contributed by atoms with Crippen molar-refractivity contribution < 1.29 is 9.84 Å². The molecule has 3 aromatic carbocycles. The van der Waals surface area contributed by atoms with Crippen LogP contribution < -0.4 is 4.74 Å². The normalized spacial score (nSPS) is 32.6. The minimum Gasteiger partial charge on any atom is -0.497 e. The lowest BCUT2D eigenvalue weighted by Crippen LogP contribution is -2.55. The van der Waals surface area contributed by atoms with E-state index in [1.165, 1.54) is 54.0 Å². The SMILES string of the molecule is COc1ccc(-c2ccc3cc(C4(O)C5CC6CC(C5)CC4C6)ccc3c2)cc1. The Labute approximate surface area is 172 Å². The summed E-state index contributed by atoms with van der Waals surface area (Å²) in [6.45, 7) is 0. The van der Waals surface area contributed by atoms with E-state index in [4.69, 9.17) is 4.74 Å². The van der Waals surface area contributed by atoms with Gasteiger partial charge in [-0.15, -0.1) is 0 Å². The molecule has 0 amide bonds. The van der Waals surface area contributed by atoms with E-state index in [1.54, 1.807) is 7.11 Å². The summed E-state index contributed by atoms with van der Waals surface area (Å²) in [6, 6.07) is 21.5. The zero-order chi connectivity index (χ0) is 19.6. The molecule has 0 aromatic heterocycles. The van der Waals surface area contributed by atoms with Gasteiger partial charge in [0.1, 0.15) is 5.75 Å². The molecule has 4 fully saturated rings. The van der Waals surface area contributed by atoms with Crippen LogP contribution in [0.5, 0.6) is 5.75 Å². The Balaban J connectivity index is 1.36. The number of aliphatic hydroxyl groups is 1. The third-order valence-electron chi connectivity index (χ3n) is 8.11. The van der Waals surface area contributed by atoms with Crippen molar-refractivity contribution in [1.29, 1.82) is 0 Å². The van der Waals surface area contributed by atoms with Gasteiger partial charge in [-0.1, -0.05) is 36.4 Å². The molecule has 3 aromatic rings. The third kappa shape index (κ3) is 2.65. The zero-order valence-corrected chi connectivity index (χ0v) is 17.0. The Morgan fingerprint density at radius 3 is 1.97 bits per heavy atom. The van der Waals surface area contributed by atoms with E-state index in [-0.39, 0.29) is 0 Å². The molecule has 0 aliphatic heterocycles. The quantitative estimate of drug-likeness (QED) is 0.586. The fourth-order valence-electron chi connectivity index (χ4n) is 6.83. The summed E-state index contributed by atoms with van der Waals surface area (Å²) in [4.78, 5) is 0. The maximum Gasteiger partial charge on any atom is 0.118 e. The van der Waals surface area contributed by atoms with E-state index in [1.807, 2.05) is 12.1 Å². The molecule has 29 heavy (non-hydrogen) atoms. The fraction of sp³-hybridized carbons (Fsp3) is 0.407. The van der Waals surface area contributed by atoms with Gasteiger partial charge in [-0.05, 0) is 108 Å². The van der Waals surface area contributed by atoms with Crippen molar-refractivity contribution in [2.45, 2.75) is 37.7 Å². The molecule has 0 unspecified atom stereocenters. The van der Waals surface area contributed by atoms with Crippen molar-refractivity contribution in [3.8, 4) is 16.9 Å². The zero-order valence-electron chi connectivity index (χ0n) is 17.0. The van der Waals surface area contributed by atoms with E-state index < -0.39 is 5.60 Å². The monoisotopic (exact) mass is 384 g/mol. The minimum absolute atomic E-state index is 0.453. The van der Waals surface area contributed by atoms with Gasteiger partial charge in [0, 0.05) is 0 Å². The highest BCUT2D eigenvalue weighted by Gasteiger charge is 2.57. The number of rotatable bonds is 3. The summed E-state index contributed by atoms with van der Waals surface area (Å²) in [7, 11) is 1.69. The molecule has 4 bridgehead atoms. The number of methoxy groups -OCH3 is 1. The molecule has 4 aliphatic carbocycles. The van der Waals surface area contributed by atoms with Crippen molar-refractivity contribution >= 4 is 10.8 Å². The molecule has 1 N–H and O–H groups in total. The molecule has 4 saturated carbocycles. The number of ether oxygens (including phenoxy) is 1. The Morgan fingerprint density at radius 2 is 1.31 bits per heavy atom. The number of hydrogen-bond donors (Lipinski definition) is 1. The van der Waals surface area contributed by atoms with Gasteiger partial charge in [0.2, 0.25) is 0 Å². The Morgan fingerprint density at radius 1 is 0.724 bits per heavy atom. The third-order valence-corrected chi connectivity index (χ3v) is 8.11. The highest BCUT2D eigenvalue weighted by atomic mass is 16.5. The van der Waals surface area contributed by atoms with Gasteiger partial charge in [0.15, 0.2) is 0 Å². The van der Waals surface area contributed by atoms with Gasteiger partial charge < -0.3 is 9.84 Å². The Hall–Kier alpha value is -2.32. The highest BCUT2D eigenvalue weighted by molar-refractivity contribution is 5.88. The second kappa shape index (κ2) is 6.34. The minimum atomic E-state index is -0.615. The maximum absolute atomic E-state index is 11.9. The standard InChI is InChI=1S/C27H28O2/c1-29-26-8-5-19(6-9-26)20-2-3-22-16-23(7-4-21(22)15-20)27(28)24-11-17-10-18(13-24)14-25(27)12-17/h2-9,15-18,24-25,28H,10-14H2,1H3. The van der Waals surface area contributed by atoms with Crippen LogP contribution in [0.3, 0.4) is 0 Å². The number of hydrogen-bond acceptors (Lipinski definition) is 2. The maximum atomic E-state index is 11.9. The van der Waals surface area contributed by atoms with Gasteiger partial charge in [0.25, 0.3) is 0 Å². The first-order chi connectivity index (χ1) is 14.1. The van der Waals surface area contributed by atoms with Crippen LogP contribution in [0.25, 0.3) is 21.9 Å². The van der Waals surface area contributed by atoms with Crippen LogP contribution >= 0.6 is 0 Å². The molecule has 0 saturated heterocycles. The van der Waals surface area contributed by atoms with Gasteiger partial charge in [-0.3, -0.25) is 0 Å². The van der Waals surface area contributed by atoms with E-state index in [9.17, 15) is 5.11 Å². The fourth-order valence-corrected chi connectivity index (χ4v) is 6.83. The van der Waals surface area contributed by atoms with Gasteiger partial charge in [0.05, 0.1) is 12.7 Å². The predicted molar refractivity (Wildman–Crippen MR) is 117 cm³/mol. The van der Waals surface area contributed by atoms with Crippen LogP contribution in [-0.4, -0.2) is 12.2 Å². The first kappa shape index (κ1) is 17.5. The average Bonchev–Trinajstić information content (AvgIpc) is 2.76. The molecule has 0 spiro atoms. The van der Waals surface area contributed by atoms with Gasteiger partial charge in [-0.2, -0.15) is 0 Å². The lowest BCUT2D eigenvalue weighted by molar-refractivity contribution is -0.179. The van der Waals surface area contributed by atoms with E-state index in [2.05, 4.69) is 48.5 Å². The van der Waals surface area contributed by atoms with Crippen molar-refractivity contribution in [2.24, 2.45) is 23.7 Å². The second-order valence-electron chi connectivity index (χ2n) is 9.63. The summed E-state index contributed by atoms with van der Waals surface area (Å²) < 4.78 is 5.27. The first-order valence-electron chi connectivity index (χ1n) is 11.0. The van der Waals surface area contributed by atoms with Crippen molar-refractivity contribution in [1.82, 2.24) is 0 Å². The van der Waals surface area contributed by atoms with Crippen molar-refractivity contribution in [2.75, 3.05) is 7.11 Å². The summed E-state index contributed by atoms with van der Waals surface area (Å²) in [5.74, 6) is 3.52. The lowest BCUT2D eigenvalue weighted by Gasteiger charge is -2.59. The summed E-state index contributed by atoms with van der Waals surface area (Å²) in [5.41, 5.74) is 2.93. The Bertz CT molecular complexity index is 1040. The molecule has 0 atom stereocenters. The van der Waals surface area contributed by atoms with Crippen molar-refractivity contribution in [3.05, 3.63) is 66.2 Å². The molecule has 2 nitrogen and oxygen atoms in total. The highest BCUT2D eigenvalue weighted by Crippen LogP contribution is 2.61. The van der Waals surface area contributed by atoms with Gasteiger partial charge in [-0.25, -0.2) is 0 Å². The van der Waals surface area contributed by atoms with Crippen LogP contribution in [0.1, 0.15) is 37.7 Å². The number of benzene rings is 3. The molecule has 4 aliphatic rings. The Kier molecular flexibility index (Phi) is 3.83. The van der Waals surface area contributed by atoms with E-state index in [0.717, 1.165) is 23.1 Å². The van der Waals surface area contributed by atoms with Gasteiger partial charge >= 0.3 is 0 Å². The number of fused-ring (bicyclic) bond motifs is 1. The second-order valence-corrected chi connectivity index (χ2v) is 9.63. The molecular weight excluding hydrogens is 356 g/mol. The summed E-state index contributed by atoms with van der Waals surface area (Å²) >= 11 is 0. The summed E-state index contributed by atoms with van der Waals surface area (Å²) in [6.07, 6.45) is 6.29. The first-order valence-corrected chi connectivity index (χ1v) is 11.0. The van der Waals surface area contributed by atoms with Crippen LogP contribution in [0.15, 0.2) is 60.7 Å². The summed E-state index contributed by atoms with van der Waals surface area (Å²) in [5, 5.41) is 14.3. The predicted octanol–water partition coefficient (Wildman–Crippen LogP) is 6.16. The largest absolute Gasteiger partial charge is 0.497 e. The molecule has 2 heteroatoms. The average molecular weight is 385 g/mol. The topological polar surface area (TPSA) is 29.5 Å². The molecule has 0 radical (unpaired) electrons.